The van der Waals surface area contributed by atoms with Crippen LogP contribution in [0.5, 0.6) is 0 Å². The van der Waals surface area contributed by atoms with Crippen LogP contribution in [0.2, 0.25) is 0 Å². The van der Waals surface area contributed by atoms with E-state index in [0.29, 0.717) is 16.9 Å². The smallest absolute Gasteiger partial charge is 0.276 e. The van der Waals surface area contributed by atoms with Crippen LogP contribution in [0.15, 0.2) is 83.9 Å². The third-order valence-corrected chi connectivity index (χ3v) is 6.29. The molecule has 0 fully saturated rings. The third kappa shape index (κ3) is 5.46. The zero-order valence-electron chi connectivity index (χ0n) is 20.9. The van der Waals surface area contributed by atoms with Crippen LogP contribution in [-0.4, -0.2) is 40.5 Å². The maximum absolute atomic E-state index is 14.2. The van der Waals surface area contributed by atoms with E-state index in [9.17, 15) is 14.0 Å². The van der Waals surface area contributed by atoms with Crippen molar-refractivity contribution in [3.8, 4) is 5.69 Å². The van der Waals surface area contributed by atoms with Gasteiger partial charge in [-0.2, -0.15) is 5.10 Å². The summed E-state index contributed by atoms with van der Waals surface area (Å²) in [6, 6.07) is 22.5. The predicted octanol–water partition coefficient (Wildman–Crippen LogP) is 4.76. The molecule has 9 heteroatoms. The van der Waals surface area contributed by atoms with Gasteiger partial charge in [-0.3, -0.25) is 14.6 Å². The summed E-state index contributed by atoms with van der Waals surface area (Å²) < 4.78 is 15.7. The van der Waals surface area contributed by atoms with E-state index < -0.39 is 17.6 Å². The molecule has 3 aromatic carbocycles. The first-order chi connectivity index (χ1) is 18.5. The maximum Gasteiger partial charge on any atom is 0.276 e. The van der Waals surface area contributed by atoms with E-state index in [1.807, 2.05) is 42.5 Å². The van der Waals surface area contributed by atoms with Crippen molar-refractivity contribution in [3.63, 3.8) is 0 Å². The van der Waals surface area contributed by atoms with Crippen LogP contribution in [-0.2, 0) is 6.42 Å². The van der Waals surface area contributed by atoms with Crippen LogP contribution in [0.1, 0.15) is 38.4 Å². The van der Waals surface area contributed by atoms with Gasteiger partial charge >= 0.3 is 0 Å². The zero-order chi connectivity index (χ0) is 26.5. The minimum Gasteiger partial charge on any atom is -0.372 e. The highest BCUT2D eigenvalue weighted by molar-refractivity contribution is 6.08. The molecule has 4 aromatic rings. The lowest BCUT2D eigenvalue weighted by Gasteiger charge is -2.10. The predicted molar refractivity (Wildman–Crippen MR) is 146 cm³/mol. The monoisotopic (exact) mass is 510 g/mol. The van der Waals surface area contributed by atoms with Gasteiger partial charge in [0.1, 0.15) is 11.6 Å². The molecule has 2 heterocycles. The number of aromatic nitrogens is 2. The number of anilines is 2. The number of para-hydroxylation sites is 1. The third-order valence-electron chi connectivity index (χ3n) is 6.29. The topological polar surface area (TPSA) is 100 Å². The molecule has 1 aliphatic heterocycles. The molecule has 0 aliphatic carbocycles. The van der Waals surface area contributed by atoms with Crippen LogP contribution in [0.4, 0.5) is 15.9 Å². The van der Waals surface area contributed by atoms with Gasteiger partial charge in [-0.05, 0) is 55.3 Å². The molecule has 0 spiro atoms. The van der Waals surface area contributed by atoms with Crippen molar-refractivity contribution < 1.29 is 14.0 Å². The quantitative estimate of drug-likeness (QED) is 0.318. The van der Waals surface area contributed by atoms with E-state index in [-0.39, 0.29) is 17.1 Å². The van der Waals surface area contributed by atoms with Crippen molar-refractivity contribution in [1.82, 2.24) is 15.1 Å². The Morgan fingerprint density at radius 2 is 1.66 bits per heavy atom. The van der Waals surface area contributed by atoms with Gasteiger partial charge in [0.05, 0.1) is 23.6 Å². The molecule has 1 aliphatic rings. The van der Waals surface area contributed by atoms with Crippen LogP contribution >= 0.6 is 0 Å². The molecule has 0 saturated heterocycles. The molecule has 192 valence electrons. The van der Waals surface area contributed by atoms with Crippen molar-refractivity contribution in [2.75, 3.05) is 23.7 Å². The Morgan fingerprint density at radius 3 is 2.37 bits per heavy atom. The van der Waals surface area contributed by atoms with Gasteiger partial charge in [-0.1, -0.05) is 42.5 Å². The molecule has 8 nitrogen and oxygen atoms in total. The molecular formula is C29H27FN6O2. The fourth-order valence-electron chi connectivity index (χ4n) is 4.26. The molecule has 0 bridgehead atoms. The minimum atomic E-state index is -0.637. The first-order valence-electron chi connectivity index (χ1n) is 12.4. The van der Waals surface area contributed by atoms with E-state index in [2.05, 4.69) is 26.0 Å². The first kappa shape index (κ1) is 24.9. The molecule has 0 radical (unpaired) electrons. The number of carbonyl (C=O) groups excluding carboxylic acids is 2. The van der Waals surface area contributed by atoms with Gasteiger partial charge in [0.15, 0.2) is 5.69 Å². The number of aliphatic imine (C=N–C) groups is 1. The van der Waals surface area contributed by atoms with Crippen molar-refractivity contribution in [3.05, 3.63) is 107 Å². The average Bonchev–Trinajstić information content (AvgIpc) is 3.57. The number of hydrogen-bond acceptors (Lipinski definition) is 5. The van der Waals surface area contributed by atoms with Gasteiger partial charge in [-0.25, -0.2) is 9.07 Å². The normalized spacial score (nSPS) is 12.5. The van der Waals surface area contributed by atoms with Gasteiger partial charge in [-0.15, -0.1) is 0 Å². The Balaban J connectivity index is 1.37. The lowest BCUT2D eigenvalue weighted by atomic mass is 10.1. The Hall–Kier alpha value is -4.79. The number of amides is 2. The van der Waals surface area contributed by atoms with Gasteiger partial charge in [0.25, 0.3) is 11.8 Å². The fourth-order valence-corrected chi connectivity index (χ4v) is 4.26. The highest BCUT2D eigenvalue weighted by atomic mass is 19.1. The number of aryl methyl sites for hydroxylation is 1. The Morgan fingerprint density at radius 1 is 0.921 bits per heavy atom. The Bertz CT molecular complexity index is 1500. The summed E-state index contributed by atoms with van der Waals surface area (Å²) >= 11 is 0. The maximum atomic E-state index is 14.2. The second-order valence-electron chi connectivity index (χ2n) is 8.91. The van der Waals surface area contributed by atoms with E-state index in [4.69, 9.17) is 0 Å². The van der Waals surface area contributed by atoms with Gasteiger partial charge in [0, 0.05) is 24.2 Å². The zero-order valence-corrected chi connectivity index (χ0v) is 20.9. The summed E-state index contributed by atoms with van der Waals surface area (Å²) in [5, 5.41) is 13.4. The van der Waals surface area contributed by atoms with Crippen LogP contribution in [0, 0.1) is 12.7 Å². The molecule has 3 N–H and O–H groups in total. The SMILES string of the molecule is Cc1c(C(=O)Nc2ccc(CCC3=NCCN3)cc2)nn(-c2ccccc2)c1NC(=O)c1ccccc1F. The lowest BCUT2D eigenvalue weighted by molar-refractivity contribution is 0.101. The number of carbonyl (C=O) groups is 2. The van der Waals surface area contributed by atoms with E-state index in [1.165, 1.54) is 22.9 Å². The first-order valence-corrected chi connectivity index (χ1v) is 12.4. The molecule has 5 rings (SSSR count). The number of nitrogens with one attached hydrogen (secondary N) is 3. The van der Waals surface area contributed by atoms with Crippen LogP contribution in [0.25, 0.3) is 5.69 Å². The Kier molecular flexibility index (Phi) is 7.26. The highest BCUT2D eigenvalue weighted by Gasteiger charge is 2.24. The van der Waals surface area contributed by atoms with Crippen LogP contribution in [0.3, 0.4) is 0 Å². The minimum absolute atomic E-state index is 0.102. The summed E-state index contributed by atoms with van der Waals surface area (Å²) in [7, 11) is 0. The Labute approximate surface area is 219 Å². The summed E-state index contributed by atoms with van der Waals surface area (Å²) in [6.45, 7) is 3.42. The van der Waals surface area contributed by atoms with Crippen molar-refractivity contribution in [2.45, 2.75) is 19.8 Å². The molecular weight excluding hydrogens is 483 g/mol. The second-order valence-corrected chi connectivity index (χ2v) is 8.91. The number of benzene rings is 3. The molecule has 0 saturated carbocycles. The fraction of sp³-hybridized carbons (Fsp3) is 0.172. The highest BCUT2D eigenvalue weighted by Crippen LogP contribution is 2.25. The molecule has 0 unspecified atom stereocenters. The summed E-state index contributed by atoms with van der Waals surface area (Å²) in [5.41, 5.74) is 2.91. The molecule has 0 atom stereocenters. The molecule has 2 amide bonds. The van der Waals surface area contributed by atoms with Gasteiger partial charge in [0.2, 0.25) is 0 Å². The van der Waals surface area contributed by atoms with Gasteiger partial charge < -0.3 is 16.0 Å². The summed E-state index contributed by atoms with van der Waals surface area (Å²) in [4.78, 5) is 30.6. The number of rotatable bonds is 8. The van der Waals surface area contributed by atoms with E-state index in [1.54, 1.807) is 25.1 Å². The van der Waals surface area contributed by atoms with E-state index in [0.717, 1.165) is 37.3 Å². The van der Waals surface area contributed by atoms with Crippen molar-refractivity contribution in [2.24, 2.45) is 4.99 Å². The number of amidine groups is 1. The molecule has 38 heavy (non-hydrogen) atoms. The van der Waals surface area contributed by atoms with Crippen LogP contribution < -0.4 is 16.0 Å². The lowest BCUT2D eigenvalue weighted by Crippen LogP contribution is -2.18. The van der Waals surface area contributed by atoms with Crippen molar-refractivity contribution in [1.29, 1.82) is 0 Å². The second kappa shape index (κ2) is 11.1. The standard InChI is InChI=1S/C29H27FN6O2/c1-19-26(29(38)33-21-14-11-20(12-15-21)13-16-25-31-17-18-32-25)35-36(22-7-3-2-4-8-22)27(19)34-28(37)23-9-5-6-10-24(23)30/h2-12,14-15H,13,16-18H2,1H3,(H,31,32)(H,33,38)(H,34,37). The van der Waals surface area contributed by atoms with Crippen molar-refractivity contribution >= 4 is 29.2 Å². The average molecular weight is 511 g/mol. The number of hydrogen-bond donors (Lipinski definition) is 3. The molecule has 1 aromatic heterocycles. The summed E-state index contributed by atoms with van der Waals surface area (Å²) in [6.07, 6.45) is 1.70. The number of nitrogens with zero attached hydrogens (tertiary/aromatic N) is 3. The largest absolute Gasteiger partial charge is 0.372 e. The number of halogens is 1. The van der Waals surface area contributed by atoms with E-state index >= 15 is 0 Å². The summed E-state index contributed by atoms with van der Waals surface area (Å²) in [5.74, 6) is -0.374.